The smallest absolute Gasteiger partial charge is 0.407 e. The number of ether oxygens (including phenoxy) is 2. The van der Waals surface area contributed by atoms with Gasteiger partial charge in [-0.05, 0) is 42.8 Å². The lowest BCUT2D eigenvalue weighted by atomic mass is 10.1. The van der Waals surface area contributed by atoms with Gasteiger partial charge in [-0.1, -0.05) is 48.0 Å². The molecule has 31 heavy (non-hydrogen) atoms. The number of aromatic hydroxyl groups is 1. The van der Waals surface area contributed by atoms with Crippen molar-refractivity contribution in [2.45, 2.75) is 13.5 Å². The van der Waals surface area contributed by atoms with Gasteiger partial charge in [-0.25, -0.2) is 9.59 Å². The van der Waals surface area contributed by atoms with Crippen molar-refractivity contribution in [2.24, 2.45) is 0 Å². The summed E-state index contributed by atoms with van der Waals surface area (Å²) in [5, 5.41) is 12.4. The molecular formula is C24H21NO6. The van der Waals surface area contributed by atoms with E-state index in [1.807, 2.05) is 37.3 Å². The number of rotatable bonds is 7. The number of nitrogens with one attached hydrogen (secondary N) is 1. The van der Waals surface area contributed by atoms with E-state index in [4.69, 9.17) is 9.47 Å². The Hall–Kier alpha value is -4.13. The molecule has 0 radical (unpaired) electrons. The van der Waals surface area contributed by atoms with Gasteiger partial charge in [-0.3, -0.25) is 4.79 Å². The molecule has 0 heterocycles. The van der Waals surface area contributed by atoms with Crippen LogP contribution >= 0.6 is 0 Å². The lowest BCUT2D eigenvalue weighted by Crippen LogP contribution is -2.30. The van der Waals surface area contributed by atoms with Crippen LogP contribution < -0.4 is 10.1 Å². The Morgan fingerprint density at radius 1 is 0.903 bits per heavy atom. The van der Waals surface area contributed by atoms with Crippen LogP contribution in [-0.4, -0.2) is 29.5 Å². The van der Waals surface area contributed by atoms with E-state index in [9.17, 15) is 19.5 Å². The maximum absolute atomic E-state index is 12.4. The number of aryl methyl sites for hydroxylation is 1. The van der Waals surface area contributed by atoms with Crippen molar-refractivity contribution in [3.05, 3.63) is 95.1 Å². The van der Waals surface area contributed by atoms with Crippen LogP contribution in [-0.2, 0) is 11.3 Å². The molecule has 0 unspecified atom stereocenters. The third-order valence-electron chi connectivity index (χ3n) is 4.38. The van der Waals surface area contributed by atoms with E-state index in [-0.39, 0.29) is 30.2 Å². The van der Waals surface area contributed by atoms with Gasteiger partial charge in [-0.15, -0.1) is 0 Å². The molecule has 0 saturated heterocycles. The number of Topliss-reactive ketones (excluding diaryl/α,β-unsaturated/α-hetero) is 1. The van der Waals surface area contributed by atoms with Crippen LogP contribution in [0, 0.1) is 6.92 Å². The lowest BCUT2D eigenvalue weighted by molar-refractivity contribution is 0.0728. The number of phenols is 1. The first kappa shape index (κ1) is 21.6. The fourth-order valence-corrected chi connectivity index (χ4v) is 2.65. The average Bonchev–Trinajstić information content (AvgIpc) is 2.78. The third-order valence-corrected chi connectivity index (χ3v) is 4.38. The quantitative estimate of drug-likeness (QED) is 0.341. The fourth-order valence-electron chi connectivity index (χ4n) is 2.65. The fraction of sp³-hybridized carbons (Fsp3) is 0.125. The Morgan fingerprint density at radius 3 is 2.29 bits per heavy atom. The number of amides is 1. The predicted octanol–water partition coefficient (Wildman–Crippen LogP) is 4.03. The molecule has 0 saturated carbocycles. The molecule has 0 aliphatic rings. The topological polar surface area (TPSA) is 102 Å². The molecule has 0 spiro atoms. The minimum atomic E-state index is -0.734. The van der Waals surface area contributed by atoms with Crippen LogP contribution in [0.5, 0.6) is 11.5 Å². The van der Waals surface area contributed by atoms with Crippen LogP contribution in [0.15, 0.2) is 72.8 Å². The highest BCUT2D eigenvalue weighted by atomic mass is 16.5. The zero-order chi connectivity index (χ0) is 22.2. The number of esters is 1. The van der Waals surface area contributed by atoms with Crippen molar-refractivity contribution in [3.63, 3.8) is 0 Å². The number of ketones is 1. The highest BCUT2D eigenvalue weighted by molar-refractivity contribution is 5.99. The van der Waals surface area contributed by atoms with Crippen molar-refractivity contribution in [3.8, 4) is 11.5 Å². The standard InChI is InChI=1S/C24H21NO6/c1-16-7-9-18(10-8-16)23(28)31-22-13-19(11-12-20(22)26)21(27)14-25-24(29)30-15-17-5-3-2-4-6-17/h2-13,26H,14-15H2,1H3,(H,25,29). The Kier molecular flexibility index (Phi) is 7.01. The van der Waals surface area contributed by atoms with E-state index >= 15 is 0 Å². The number of phenolic OH excluding ortho intramolecular Hbond substituents is 1. The van der Waals surface area contributed by atoms with Crippen LogP contribution in [0.3, 0.4) is 0 Å². The van der Waals surface area contributed by atoms with Gasteiger partial charge in [0.15, 0.2) is 17.3 Å². The molecule has 0 atom stereocenters. The minimum Gasteiger partial charge on any atom is -0.504 e. The van der Waals surface area contributed by atoms with Gasteiger partial charge < -0.3 is 19.9 Å². The molecule has 7 heteroatoms. The molecule has 3 aromatic rings. The molecule has 7 nitrogen and oxygen atoms in total. The molecule has 0 aromatic heterocycles. The van der Waals surface area contributed by atoms with Crippen LogP contribution in [0.2, 0.25) is 0 Å². The second kappa shape index (κ2) is 10.1. The first-order chi connectivity index (χ1) is 14.9. The van der Waals surface area contributed by atoms with Gasteiger partial charge in [0.1, 0.15) is 6.61 Å². The van der Waals surface area contributed by atoms with E-state index < -0.39 is 17.8 Å². The Labute approximate surface area is 179 Å². The number of carbonyl (C=O) groups excluding carboxylic acids is 3. The number of hydrogen-bond acceptors (Lipinski definition) is 6. The largest absolute Gasteiger partial charge is 0.504 e. The molecule has 0 fully saturated rings. The van der Waals surface area contributed by atoms with E-state index in [2.05, 4.69) is 5.32 Å². The Morgan fingerprint density at radius 2 is 1.58 bits per heavy atom. The first-order valence-electron chi connectivity index (χ1n) is 9.52. The molecule has 2 N–H and O–H groups in total. The minimum absolute atomic E-state index is 0.0825. The molecule has 158 valence electrons. The van der Waals surface area contributed by atoms with Gasteiger partial charge in [0.25, 0.3) is 0 Å². The summed E-state index contributed by atoms with van der Waals surface area (Å²) in [7, 11) is 0. The molecule has 1 amide bonds. The summed E-state index contributed by atoms with van der Waals surface area (Å²) < 4.78 is 10.3. The monoisotopic (exact) mass is 419 g/mol. The molecule has 0 bridgehead atoms. The molecule has 0 aliphatic heterocycles. The maximum atomic E-state index is 12.4. The zero-order valence-corrected chi connectivity index (χ0v) is 16.8. The zero-order valence-electron chi connectivity index (χ0n) is 16.8. The Bertz CT molecular complexity index is 1080. The van der Waals surface area contributed by atoms with E-state index in [1.54, 1.807) is 24.3 Å². The molecule has 0 aliphatic carbocycles. The van der Waals surface area contributed by atoms with Crippen LogP contribution in [0.4, 0.5) is 4.79 Å². The normalized spacial score (nSPS) is 10.2. The van der Waals surface area contributed by atoms with Gasteiger partial charge in [0.05, 0.1) is 12.1 Å². The van der Waals surface area contributed by atoms with Crippen molar-refractivity contribution in [2.75, 3.05) is 6.54 Å². The summed E-state index contributed by atoms with van der Waals surface area (Å²) in [5.74, 6) is -1.54. The third kappa shape index (κ3) is 6.17. The molecular weight excluding hydrogens is 398 g/mol. The van der Waals surface area contributed by atoms with Crippen molar-refractivity contribution < 1.29 is 29.0 Å². The highest BCUT2D eigenvalue weighted by Gasteiger charge is 2.15. The van der Waals surface area contributed by atoms with E-state index in [1.165, 1.54) is 18.2 Å². The van der Waals surface area contributed by atoms with Gasteiger partial charge in [-0.2, -0.15) is 0 Å². The van der Waals surface area contributed by atoms with Crippen molar-refractivity contribution in [1.82, 2.24) is 5.32 Å². The highest BCUT2D eigenvalue weighted by Crippen LogP contribution is 2.28. The summed E-state index contributed by atoms with van der Waals surface area (Å²) in [5.41, 5.74) is 2.28. The summed E-state index contributed by atoms with van der Waals surface area (Å²) in [6.07, 6.45) is -0.734. The van der Waals surface area contributed by atoms with Gasteiger partial charge in [0.2, 0.25) is 0 Å². The number of benzene rings is 3. The predicted molar refractivity (Wildman–Crippen MR) is 113 cm³/mol. The molecule has 3 aromatic carbocycles. The molecule has 3 rings (SSSR count). The number of alkyl carbamates (subject to hydrolysis) is 1. The van der Waals surface area contributed by atoms with E-state index in [0.717, 1.165) is 11.1 Å². The second-order valence-corrected chi connectivity index (χ2v) is 6.78. The average molecular weight is 419 g/mol. The van der Waals surface area contributed by atoms with Gasteiger partial charge in [0, 0.05) is 5.56 Å². The summed E-state index contributed by atoms with van der Waals surface area (Å²) in [4.78, 5) is 36.5. The lowest BCUT2D eigenvalue weighted by Gasteiger charge is -2.09. The maximum Gasteiger partial charge on any atom is 0.407 e. The SMILES string of the molecule is Cc1ccc(C(=O)Oc2cc(C(=O)CNC(=O)OCc3ccccc3)ccc2O)cc1. The van der Waals surface area contributed by atoms with Crippen LogP contribution in [0.1, 0.15) is 31.8 Å². The summed E-state index contributed by atoms with van der Waals surface area (Å²) in [6, 6.07) is 19.7. The second-order valence-electron chi connectivity index (χ2n) is 6.78. The number of hydrogen-bond donors (Lipinski definition) is 2. The summed E-state index contributed by atoms with van der Waals surface area (Å²) in [6.45, 7) is 1.66. The van der Waals surface area contributed by atoms with E-state index in [0.29, 0.717) is 5.56 Å². The van der Waals surface area contributed by atoms with Crippen molar-refractivity contribution >= 4 is 17.8 Å². The first-order valence-corrected chi connectivity index (χ1v) is 9.52. The summed E-state index contributed by atoms with van der Waals surface area (Å²) >= 11 is 0. The van der Waals surface area contributed by atoms with Crippen LogP contribution in [0.25, 0.3) is 0 Å². The number of carbonyl (C=O) groups is 3. The Balaban J connectivity index is 1.57. The van der Waals surface area contributed by atoms with Crippen molar-refractivity contribution in [1.29, 1.82) is 0 Å². The van der Waals surface area contributed by atoms with Gasteiger partial charge >= 0.3 is 12.1 Å².